The summed E-state index contributed by atoms with van der Waals surface area (Å²) in [4.78, 5) is 4.11. The van der Waals surface area contributed by atoms with Crippen LogP contribution in [-0.4, -0.2) is 17.5 Å². The molecule has 0 aromatic carbocycles. The van der Waals surface area contributed by atoms with Gasteiger partial charge < -0.3 is 0 Å². The normalized spacial score (nSPS) is 23.1. The first-order valence-corrected chi connectivity index (χ1v) is 6.89. The van der Waals surface area contributed by atoms with Crippen LogP contribution in [0.3, 0.4) is 0 Å². The van der Waals surface area contributed by atoms with Crippen molar-refractivity contribution in [2.45, 2.75) is 38.8 Å². The molecule has 0 bridgehead atoms. The summed E-state index contributed by atoms with van der Waals surface area (Å²) in [5.74, 6) is 0. The average molecular weight is 274 g/mol. The highest BCUT2D eigenvalue weighted by Crippen LogP contribution is 2.27. The minimum atomic E-state index is 0.830. The number of hydrogen-bond acceptors (Lipinski definition) is 2. The zero-order valence-corrected chi connectivity index (χ0v) is 10.9. The zero-order chi connectivity index (χ0) is 9.97. The van der Waals surface area contributed by atoms with Crippen LogP contribution in [0.15, 0.2) is 15.9 Å². The second-order valence-corrected chi connectivity index (χ2v) is 6.43. The van der Waals surface area contributed by atoms with E-state index < -0.39 is 0 Å². The summed E-state index contributed by atoms with van der Waals surface area (Å²) in [6.07, 6.45) is 4.07. The van der Waals surface area contributed by atoms with Crippen LogP contribution in [0.2, 0.25) is 0 Å². The number of rotatable bonds is 3. The van der Waals surface area contributed by atoms with Crippen LogP contribution in [0, 0.1) is 0 Å². The number of hydrogen-bond donors (Lipinski definition) is 0. The molecule has 1 aromatic heterocycles. The lowest BCUT2D eigenvalue weighted by molar-refractivity contribution is 0.242. The molecule has 1 nitrogen and oxygen atoms in total. The van der Waals surface area contributed by atoms with Crippen molar-refractivity contribution in [3.05, 3.63) is 20.8 Å². The zero-order valence-electron chi connectivity index (χ0n) is 8.50. The Hall–Kier alpha value is 0.140. The van der Waals surface area contributed by atoms with Crippen molar-refractivity contribution < 1.29 is 0 Å². The molecule has 0 N–H and O–H groups in total. The lowest BCUT2D eigenvalue weighted by Crippen LogP contribution is -2.27. The molecule has 3 heteroatoms. The van der Waals surface area contributed by atoms with E-state index in [2.05, 4.69) is 39.9 Å². The first kappa shape index (κ1) is 10.7. The Balaban J connectivity index is 1.96. The quantitative estimate of drug-likeness (QED) is 0.808. The van der Waals surface area contributed by atoms with Crippen molar-refractivity contribution in [3.8, 4) is 0 Å². The van der Waals surface area contributed by atoms with Gasteiger partial charge in [-0.3, -0.25) is 4.90 Å². The Labute approximate surface area is 98.2 Å². The van der Waals surface area contributed by atoms with Gasteiger partial charge >= 0.3 is 0 Å². The molecule has 1 fully saturated rings. The van der Waals surface area contributed by atoms with Crippen LogP contribution in [0.4, 0.5) is 0 Å². The van der Waals surface area contributed by atoms with Crippen LogP contribution in [0.25, 0.3) is 0 Å². The van der Waals surface area contributed by atoms with Crippen molar-refractivity contribution in [1.29, 1.82) is 0 Å². The second kappa shape index (κ2) is 4.77. The fourth-order valence-electron chi connectivity index (χ4n) is 2.20. The minimum Gasteiger partial charge on any atom is -0.295 e. The van der Waals surface area contributed by atoms with Gasteiger partial charge in [0.1, 0.15) is 0 Å². The molecule has 2 rings (SSSR count). The van der Waals surface area contributed by atoms with Crippen LogP contribution < -0.4 is 0 Å². The van der Waals surface area contributed by atoms with Gasteiger partial charge in [-0.05, 0) is 53.9 Å². The molecular formula is C11H16BrNS. The highest BCUT2D eigenvalue weighted by atomic mass is 79.9. The molecule has 0 saturated carbocycles. The van der Waals surface area contributed by atoms with E-state index in [1.807, 2.05) is 11.3 Å². The van der Waals surface area contributed by atoms with Crippen LogP contribution >= 0.6 is 27.3 Å². The summed E-state index contributed by atoms with van der Waals surface area (Å²) in [7, 11) is 0. The van der Waals surface area contributed by atoms with E-state index in [4.69, 9.17) is 0 Å². The molecule has 0 spiro atoms. The molecule has 2 heterocycles. The number of thiophene rings is 1. The lowest BCUT2D eigenvalue weighted by atomic mass is 10.2. The second-order valence-electron chi connectivity index (χ2n) is 3.88. The summed E-state index contributed by atoms with van der Waals surface area (Å²) in [5, 5.41) is 0. The van der Waals surface area contributed by atoms with Crippen LogP contribution in [0.1, 0.15) is 31.1 Å². The van der Waals surface area contributed by atoms with Crippen LogP contribution in [-0.2, 0) is 6.54 Å². The van der Waals surface area contributed by atoms with Gasteiger partial charge in [0.2, 0.25) is 0 Å². The maximum atomic E-state index is 3.51. The molecular weight excluding hydrogens is 258 g/mol. The molecule has 78 valence electrons. The van der Waals surface area contributed by atoms with E-state index in [-0.39, 0.29) is 0 Å². The topological polar surface area (TPSA) is 3.24 Å². The standard InChI is InChI=1S/C11H16BrNS/c1-2-9-4-3-7-13(9)8-10-5-6-11(12)14-10/h5-6,9H,2-4,7-8H2,1H3. The third-order valence-corrected chi connectivity index (χ3v) is 4.57. The molecule has 1 aromatic rings. The van der Waals surface area contributed by atoms with Gasteiger partial charge in [-0.2, -0.15) is 0 Å². The van der Waals surface area contributed by atoms with E-state index in [9.17, 15) is 0 Å². The SMILES string of the molecule is CCC1CCCN1Cc1ccc(Br)s1. The van der Waals surface area contributed by atoms with Gasteiger partial charge in [0, 0.05) is 17.5 Å². The van der Waals surface area contributed by atoms with Crippen molar-refractivity contribution in [2.75, 3.05) is 6.54 Å². The Morgan fingerprint density at radius 3 is 3.07 bits per heavy atom. The smallest absolute Gasteiger partial charge is 0.0701 e. The molecule has 1 atom stereocenters. The van der Waals surface area contributed by atoms with E-state index in [1.165, 1.54) is 34.5 Å². The molecule has 1 unspecified atom stereocenters. The van der Waals surface area contributed by atoms with E-state index in [0.717, 1.165) is 12.6 Å². The Morgan fingerprint density at radius 2 is 2.43 bits per heavy atom. The molecule has 0 amide bonds. The number of halogens is 1. The molecule has 1 aliphatic rings. The summed E-state index contributed by atoms with van der Waals surface area (Å²) < 4.78 is 1.25. The maximum Gasteiger partial charge on any atom is 0.0701 e. The average Bonchev–Trinajstić information content (AvgIpc) is 2.76. The van der Waals surface area contributed by atoms with Gasteiger partial charge in [-0.15, -0.1) is 11.3 Å². The van der Waals surface area contributed by atoms with Crippen molar-refractivity contribution in [2.24, 2.45) is 0 Å². The summed E-state index contributed by atoms with van der Waals surface area (Å²) in [6.45, 7) is 4.73. The van der Waals surface area contributed by atoms with Crippen molar-refractivity contribution in [3.63, 3.8) is 0 Å². The number of nitrogens with zero attached hydrogens (tertiary/aromatic N) is 1. The van der Waals surface area contributed by atoms with Gasteiger partial charge in [0.25, 0.3) is 0 Å². The Morgan fingerprint density at radius 1 is 1.57 bits per heavy atom. The third kappa shape index (κ3) is 2.38. The highest BCUT2D eigenvalue weighted by Gasteiger charge is 2.22. The molecule has 14 heavy (non-hydrogen) atoms. The predicted molar refractivity (Wildman–Crippen MR) is 65.7 cm³/mol. The van der Waals surface area contributed by atoms with E-state index in [0.29, 0.717) is 0 Å². The first-order chi connectivity index (χ1) is 6.79. The lowest BCUT2D eigenvalue weighted by Gasteiger charge is -2.22. The molecule has 0 radical (unpaired) electrons. The Kier molecular flexibility index (Phi) is 3.63. The van der Waals surface area contributed by atoms with E-state index >= 15 is 0 Å². The third-order valence-electron chi connectivity index (χ3n) is 2.96. The predicted octanol–water partition coefficient (Wildman–Crippen LogP) is 3.89. The fraction of sp³-hybridized carbons (Fsp3) is 0.636. The first-order valence-electron chi connectivity index (χ1n) is 5.28. The summed E-state index contributed by atoms with van der Waals surface area (Å²) in [6, 6.07) is 5.22. The van der Waals surface area contributed by atoms with Crippen molar-refractivity contribution in [1.82, 2.24) is 4.90 Å². The Bertz CT molecular complexity index is 297. The largest absolute Gasteiger partial charge is 0.295 e. The van der Waals surface area contributed by atoms with Gasteiger partial charge in [0.15, 0.2) is 0 Å². The summed E-state index contributed by atoms with van der Waals surface area (Å²) in [5.41, 5.74) is 0. The minimum absolute atomic E-state index is 0.830. The van der Waals surface area contributed by atoms with Crippen molar-refractivity contribution >= 4 is 27.3 Å². The monoisotopic (exact) mass is 273 g/mol. The van der Waals surface area contributed by atoms with Gasteiger partial charge in [-0.1, -0.05) is 6.92 Å². The van der Waals surface area contributed by atoms with Gasteiger partial charge in [-0.25, -0.2) is 0 Å². The molecule has 1 aliphatic heterocycles. The maximum absolute atomic E-state index is 3.51. The highest BCUT2D eigenvalue weighted by molar-refractivity contribution is 9.11. The fourth-order valence-corrected chi connectivity index (χ4v) is 3.71. The molecule has 0 aliphatic carbocycles. The van der Waals surface area contributed by atoms with Crippen LogP contribution in [0.5, 0.6) is 0 Å². The van der Waals surface area contributed by atoms with Gasteiger partial charge in [0.05, 0.1) is 3.79 Å². The van der Waals surface area contributed by atoms with E-state index in [1.54, 1.807) is 0 Å². The number of likely N-dealkylation sites (tertiary alicyclic amines) is 1. The summed E-state index contributed by atoms with van der Waals surface area (Å²) >= 11 is 5.38. The molecule has 1 saturated heterocycles.